The SMILES string of the molecule is Cc1c(C(=O)NCCNC(=O)C(C)C)[nH]c2c1C(=O)CCC2. The number of carbonyl (C=O) groups is 3. The summed E-state index contributed by atoms with van der Waals surface area (Å²) >= 11 is 0. The second kappa shape index (κ2) is 6.77. The smallest absolute Gasteiger partial charge is 0.268 e. The number of hydrogen-bond acceptors (Lipinski definition) is 3. The van der Waals surface area contributed by atoms with Gasteiger partial charge in [0.1, 0.15) is 5.69 Å². The number of carbonyl (C=O) groups excluding carboxylic acids is 3. The number of hydrogen-bond donors (Lipinski definition) is 3. The van der Waals surface area contributed by atoms with Crippen LogP contribution in [-0.2, 0) is 11.2 Å². The zero-order chi connectivity index (χ0) is 16.3. The molecule has 0 saturated heterocycles. The van der Waals surface area contributed by atoms with Crippen LogP contribution in [0.5, 0.6) is 0 Å². The lowest BCUT2D eigenvalue weighted by atomic mass is 9.94. The lowest BCUT2D eigenvalue weighted by Crippen LogP contribution is -2.36. The Bertz CT molecular complexity index is 602. The molecule has 0 saturated carbocycles. The molecule has 2 rings (SSSR count). The molecule has 0 unspecified atom stereocenters. The number of amides is 2. The molecule has 0 bridgehead atoms. The topological polar surface area (TPSA) is 91.1 Å². The molecule has 0 atom stereocenters. The monoisotopic (exact) mass is 305 g/mol. The van der Waals surface area contributed by atoms with E-state index in [1.807, 2.05) is 13.8 Å². The molecule has 1 heterocycles. The van der Waals surface area contributed by atoms with E-state index in [0.717, 1.165) is 24.1 Å². The number of ketones is 1. The second-order valence-electron chi connectivity index (χ2n) is 5.96. The Balaban J connectivity index is 1.94. The highest BCUT2D eigenvalue weighted by molar-refractivity contribution is 6.04. The highest BCUT2D eigenvalue weighted by Crippen LogP contribution is 2.26. The number of fused-ring (bicyclic) bond motifs is 1. The van der Waals surface area contributed by atoms with E-state index in [9.17, 15) is 14.4 Å². The highest BCUT2D eigenvalue weighted by Gasteiger charge is 2.26. The first-order valence-corrected chi connectivity index (χ1v) is 7.72. The van der Waals surface area contributed by atoms with E-state index in [1.165, 1.54) is 0 Å². The van der Waals surface area contributed by atoms with Crippen LogP contribution in [-0.4, -0.2) is 35.7 Å². The quantitative estimate of drug-likeness (QED) is 0.717. The molecule has 1 aromatic rings. The van der Waals surface area contributed by atoms with Crippen molar-refractivity contribution in [1.82, 2.24) is 15.6 Å². The molecule has 2 amide bonds. The molecule has 6 nitrogen and oxygen atoms in total. The molecule has 3 N–H and O–H groups in total. The number of H-pyrrole nitrogens is 1. The van der Waals surface area contributed by atoms with Crippen molar-refractivity contribution in [2.24, 2.45) is 5.92 Å². The maximum absolute atomic E-state index is 12.2. The van der Waals surface area contributed by atoms with Gasteiger partial charge < -0.3 is 15.6 Å². The minimum Gasteiger partial charge on any atom is -0.354 e. The summed E-state index contributed by atoms with van der Waals surface area (Å²) in [7, 11) is 0. The van der Waals surface area contributed by atoms with Crippen LogP contribution >= 0.6 is 0 Å². The first-order chi connectivity index (χ1) is 10.4. The molecular formula is C16H23N3O3. The third kappa shape index (κ3) is 3.37. The third-order valence-corrected chi connectivity index (χ3v) is 3.90. The number of Topliss-reactive ketones (excluding diaryl/α,β-unsaturated/α-hetero) is 1. The maximum atomic E-state index is 12.2. The Morgan fingerprint density at radius 2 is 1.86 bits per heavy atom. The van der Waals surface area contributed by atoms with Crippen molar-refractivity contribution >= 4 is 17.6 Å². The van der Waals surface area contributed by atoms with Gasteiger partial charge >= 0.3 is 0 Å². The largest absolute Gasteiger partial charge is 0.354 e. The molecule has 0 aliphatic heterocycles. The van der Waals surface area contributed by atoms with E-state index in [1.54, 1.807) is 6.92 Å². The molecule has 1 aliphatic carbocycles. The van der Waals surface area contributed by atoms with Gasteiger partial charge in [-0.2, -0.15) is 0 Å². The van der Waals surface area contributed by atoms with E-state index in [4.69, 9.17) is 0 Å². The fraction of sp³-hybridized carbons (Fsp3) is 0.562. The minimum absolute atomic E-state index is 0.0358. The standard InChI is InChI=1S/C16H23N3O3/c1-9(2)15(21)17-7-8-18-16(22)14-10(3)13-11(19-14)5-4-6-12(13)20/h9,19H,4-8H2,1-3H3,(H,17,21)(H,18,22). The average Bonchev–Trinajstić information content (AvgIpc) is 2.81. The maximum Gasteiger partial charge on any atom is 0.268 e. The molecule has 0 radical (unpaired) electrons. The fourth-order valence-corrected chi connectivity index (χ4v) is 2.66. The summed E-state index contributed by atoms with van der Waals surface area (Å²) in [6, 6.07) is 0. The van der Waals surface area contributed by atoms with Crippen LogP contribution in [0.25, 0.3) is 0 Å². The molecule has 6 heteroatoms. The van der Waals surface area contributed by atoms with Crippen molar-refractivity contribution in [2.75, 3.05) is 13.1 Å². The highest BCUT2D eigenvalue weighted by atomic mass is 16.2. The summed E-state index contributed by atoms with van der Waals surface area (Å²) in [5, 5.41) is 5.50. The van der Waals surface area contributed by atoms with Crippen molar-refractivity contribution in [1.29, 1.82) is 0 Å². The van der Waals surface area contributed by atoms with Gasteiger partial charge in [-0.1, -0.05) is 13.8 Å². The van der Waals surface area contributed by atoms with Crippen LogP contribution in [0.1, 0.15) is 58.8 Å². The molecular weight excluding hydrogens is 282 g/mol. The predicted octanol–water partition coefficient (Wildman–Crippen LogP) is 1.34. The van der Waals surface area contributed by atoms with Crippen LogP contribution < -0.4 is 10.6 Å². The number of rotatable bonds is 5. The summed E-state index contributed by atoms with van der Waals surface area (Å²) in [5.74, 6) is -0.234. The van der Waals surface area contributed by atoms with Crippen molar-refractivity contribution < 1.29 is 14.4 Å². The summed E-state index contributed by atoms with van der Waals surface area (Å²) in [4.78, 5) is 38.6. The van der Waals surface area contributed by atoms with E-state index in [-0.39, 0.29) is 23.5 Å². The molecule has 0 aromatic carbocycles. The molecule has 120 valence electrons. The first-order valence-electron chi connectivity index (χ1n) is 7.72. The van der Waals surface area contributed by atoms with Gasteiger partial charge in [-0.15, -0.1) is 0 Å². The molecule has 1 aromatic heterocycles. The summed E-state index contributed by atoms with van der Waals surface area (Å²) in [5.41, 5.74) is 2.73. The molecule has 22 heavy (non-hydrogen) atoms. The van der Waals surface area contributed by atoms with Gasteiger partial charge in [0.2, 0.25) is 5.91 Å². The van der Waals surface area contributed by atoms with E-state index in [2.05, 4.69) is 15.6 Å². The Morgan fingerprint density at radius 3 is 2.50 bits per heavy atom. The second-order valence-corrected chi connectivity index (χ2v) is 5.96. The van der Waals surface area contributed by atoms with Gasteiger partial charge in [-0.05, 0) is 25.3 Å². The van der Waals surface area contributed by atoms with Crippen molar-refractivity contribution in [3.63, 3.8) is 0 Å². The zero-order valence-electron chi connectivity index (χ0n) is 13.3. The van der Waals surface area contributed by atoms with Crippen molar-refractivity contribution in [3.05, 3.63) is 22.5 Å². The average molecular weight is 305 g/mol. The Kier molecular flexibility index (Phi) is 5.00. The molecule has 0 fully saturated rings. The molecule has 0 spiro atoms. The van der Waals surface area contributed by atoms with Crippen molar-refractivity contribution in [2.45, 2.75) is 40.0 Å². The van der Waals surface area contributed by atoms with Crippen LogP contribution in [0.2, 0.25) is 0 Å². The van der Waals surface area contributed by atoms with Gasteiger partial charge in [0.25, 0.3) is 5.91 Å². The fourth-order valence-electron chi connectivity index (χ4n) is 2.66. The zero-order valence-corrected chi connectivity index (χ0v) is 13.3. The Labute approximate surface area is 130 Å². The van der Waals surface area contributed by atoms with Crippen LogP contribution in [0.15, 0.2) is 0 Å². The Hall–Kier alpha value is -2.11. The van der Waals surface area contributed by atoms with Crippen LogP contribution in [0.4, 0.5) is 0 Å². The van der Waals surface area contributed by atoms with Gasteiger partial charge in [-0.3, -0.25) is 14.4 Å². The number of aryl methyl sites for hydroxylation is 1. The van der Waals surface area contributed by atoms with E-state index >= 15 is 0 Å². The first kappa shape index (κ1) is 16.3. The summed E-state index contributed by atoms with van der Waals surface area (Å²) in [6.45, 7) is 6.18. The summed E-state index contributed by atoms with van der Waals surface area (Å²) < 4.78 is 0. The van der Waals surface area contributed by atoms with E-state index < -0.39 is 0 Å². The van der Waals surface area contributed by atoms with Crippen molar-refractivity contribution in [3.8, 4) is 0 Å². The normalized spacial score (nSPS) is 13.9. The Morgan fingerprint density at radius 1 is 1.18 bits per heavy atom. The minimum atomic E-state index is -0.238. The summed E-state index contributed by atoms with van der Waals surface area (Å²) in [6.07, 6.45) is 2.18. The predicted molar refractivity (Wildman–Crippen MR) is 83.0 cm³/mol. The van der Waals surface area contributed by atoms with Gasteiger partial charge in [0.05, 0.1) is 0 Å². The van der Waals surface area contributed by atoms with Gasteiger partial charge in [0, 0.05) is 36.7 Å². The number of aromatic amines is 1. The number of nitrogens with one attached hydrogen (secondary N) is 3. The molecule has 1 aliphatic rings. The van der Waals surface area contributed by atoms with Crippen LogP contribution in [0.3, 0.4) is 0 Å². The third-order valence-electron chi connectivity index (χ3n) is 3.90. The van der Waals surface area contributed by atoms with E-state index in [0.29, 0.717) is 30.8 Å². The number of aromatic nitrogens is 1. The lowest BCUT2D eigenvalue weighted by Gasteiger charge is -2.09. The van der Waals surface area contributed by atoms with Gasteiger partial charge in [-0.25, -0.2) is 0 Å². The van der Waals surface area contributed by atoms with Gasteiger partial charge in [0.15, 0.2) is 5.78 Å². The lowest BCUT2D eigenvalue weighted by molar-refractivity contribution is -0.123. The van der Waals surface area contributed by atoms with Crippen LogP contribution in [0, 0.1) is 12.8 Å².